The molecule has 0 aliphatic carbocycles. The third-order valence-corrected chi connectivity index (χ3v) is 4.45. The molecule has 0 saturated heterocycles. The number of nitrogens with two attached hydrogens (primary N) is 1. The number of nitrogens with zero attached hydrogens (tertiary/aromatic N) is 2. The van der Waals surface area contributed by atoms with Crippen molar-refractivity contribution in [2.24, 2.45) is 11.7 Å². The number of halogens is 1. The summed E-state index contributed by atoms with van der Waals surface area (Å²) < 4.78 is 5.38. The number of nitrogens with one attached hydrogen (secondary N) is 2. The zero-order valence-corrected chi connectivity index (χ0v) is 17.3. The Morgan fingerprint density at radius 3 is 2.59 bits per heavy atom. The molecule has 154 valence electrons. The van der Waals surface area contributed by atoms with E-state index < -0.39 is 0 Å². The van der Waals surface area contributed by atoms with Crippen LogP contribution in [-0.4, -0.2) is 28.2 Å². The first-order chi connectivity index (χ1) is 13.6. The first kappa shape index (κ1) is 22.4. The van der Waals surface area contributed by atoms with Crippen LogP contribution in [0.1, 0.15) is 24.7 Å². The Kier molecular flexibility index (Phi) is 8.18. The van der Waals surface area contributed by atoms with Crippen LogP contribution >= 0.6 is 12.4 Å². The number of methoxy groups -OCH3 is 1. The highest BCUT2D eigenvalue weighted by Gasteiger charge is 2.13. The molecule has 4 N–H and O–H groups in total. The minimum absolute atomic E-state index is 0. The topological polar surface area (TPSA) is 106 Å². The molecule has 0 aliphatic rings. The predicted octanol–water partition coefficient (Wildman–Crippen LogP) is 3.57. The lowest BCUT2D eigenvalue weighted by atomic mass is 9.97. The number of hydrogen-bond acceptors (Lipinski definition) is 5. The van der Waals surface area contributed by atoms with E-state index in [0.717, 1.165) is 29.0 Å². The quantitative estimate of drug-likeness (QED) is 0.521. The van der Waals surface area contributed by atoms with Gasteiger partial charge >= 0.3 is 0 Å². The summed E-state index contributed by atoms with van der Waals surface area (Å²) in [4.78, 5) is 16.7. The number of aromatic nitrogens is 3. The van der Waals surface area contributed by atoms with Crippen molar-refractivity contribution >= 4 is 24.0 Å². The number of para-hydroxylation sites is 1. The average molecular weight is 416 g/mol. The molecule has 7 nitrogen and oxygen atoms in total. The van der Waals surface area contributed by atoms with Gasteiger partial charge in [0.05, 0.1) is 13.7 Å². The Morgan fingerprint density at radius 2 is 1.93 bits per heavy atom. The Balaban J connectivity index is 0.00000300. The first-order valence-corrected chi connectivity index (χ1v) is 9.22. The van der Waals surface area contributed by atoms with Crippen LogP contribution in [0.15, 0.2) is 48.5 Å². The molecule has 1 heterocycles. The third-order valence-electron chi connectivity index (χ3n) is 4.45. The van der Waals surface area contributed by atoms with E-state index in [0.29, 0.717) is 24.6 Å². The van der Waals surface area contributed by atoms with Gasteiger partial charge in [0.2, 0.25) is 5.91 Å². The summed E-state index contributed by atoms with van der Waals surface area (Å²) in [6, 6.07) is 15.3. The van der Waals surface area contributed by atoms with E-state index in [1.807, 2.05) is 48.5 Å². The highest BCUT2D eigenvalue weighted by Crippen LogP contribution is 2.23. The van der Waals surface area contributed by atoms with Gasteiger partial charge < -0.3 is 15.8 Å². The molecular formula is C21H26ClN5O2. The molecule has 0 spiro atoms. The predicted molar refractivity (Wildman–Crippen MR) is 116 cm³/mol. The van der Waals surface area contributed by atoms with Gasteiger partial charge in [-0.15, -0.1) is 12.4 Å². The van der Waals surface area contributed by atoms with E-state index in [-0.39, 0.29) is 24.2 Å². The Morgan fingerprint density at radius 1 is 1.21 bits per heavy atom. The molecule has 0 saturated carbocycles. The highest BCUT2D eigenvalue weighted by molar-refractivity contribution is 5.91. The van der Waals surface area contributed by atoms with Gasteiger partial charge in [0.1, 0.15) is 11.6 Å². The van der Waals surface area contributed by atoms with E-state index >= 15 is 0 Å². The molecule has 0 radical (unpaired) electrons. The van der Waals surface area contributed by atoms with Crippen LogP contribution in [0.3, 0.4) is 0 Å². The van der Waals surface area contributed by atoms with Gasteiger partial charge in [-0.3, -0.25) is 9.89 Å². The van der Waals surface area contributed by atoms with Gasteiger partial charge in [0.15, 0.2) is 5.82 Å². The monoisotopic (exact) mass is 415 g/mol. The van der Waals surface area contributed by atoms with Crippen molar-refractivity contribution in [1.82, 2.24) is 15.2 Å². The maximum absolute atomic E-state index is 12.4. The van der Waals surface area contributed by atoms with E-state index in [9.17, 15) is 4.79 Å². The second kappa shape index (κ2) is 10.6. The number of H-pyrrole nitrogens is 1. The fraction of sp³-hybridized carbons (Fsp3) is 0.286. The molecule has 8 heteroatoms. The largest absolute Gasteiger partial charge is 0.496 e. The highest BCUT2D eigenvalue weighted by atomic mass is 35.5. The maximum Gasteiger partial charge on any atom is 0.224 e. The van der Waals surface area contributed by atoms with Crippen molar-refractivity contribution in [3.05, 3.63) is 59.9 Å². The molecule has 0 aliphatic heterocycles. The van der Waals surface area contributed by atoms with Crippen molar-refractivity contribution in [1.29, 1.82) is 0 Å². The smallest absolute Gasteiger partial charge is 0.224 e. The molecular weight excluding hydrogens is 390 g/mol. The Labute approximate surface area is 176 Å². The van der Waals surface area contributed by atoms with Gasteiger partial charge in [-0.05, 0) is 48.2 Å². The zero-order chi connectivity index (χ0) is 19.9. The fourth-order valence-electron chi connectivity index (χ4n) is 3.07. The number of anilines is 1. The summed E-state index contributed by atoms with van der Waals surface area (Å²) in [6.45, 7) is 2.38. The van der Waals surface area contributed by atoms with E-state index in [1.165, 1.54) is 0 Å². The number of amides is 1. The second-order valence-electron chi connectivity index (χ2n) is 6.76. The molecule has 1 aromatic heterocycles. The van der Waals surface area contributed by atoms with E-state index in [1.54, 1.807) is 7.11 Å². The molecule has 29 heavy (non-hydrogen) atoms. The molecule has 0 bridgehead atoms. The first-order valence-electron chi connectivity index (χ1n) is 9.22. The van der Waals surface area contributed by atoms with Crippen molar-refractivity contribution in [2.75, 3.05) is 12.4 Å². The summed E-state index contributed by atoms with van der Waals surface area (Å²) in [5.74, 6) is 2.26. The van der Waals surface area contributed by atoms with Gasteiger partial charge in [0.25, 0.3) is 0 Å². The van der Waals surface area contributed by atoms with Crippen LogP contribution < -0.4 is 15.8 Å². The lowest BCUT2D eigenvalue weighted by Crippen LogP contribution is -2.16. The maximum atomic E-state index is 12.4. The molecule has 1 unspecified atom stereocenters. The summed E-state index contributed by atoms with van der Waals surface area (Å²) in [5, 5.41) is 9.86. The normalized spacial score (nSPS) is 11.4. The summed E-state index contributed by atoms with van der Waals surface area (Å²) in [7, 11) is 1.66. The fourth-order valence-corrected chi connectivity index (χ4v) is 3.07. The Hall–Kier alpha value is -2.90. The van der Waals surface area contributed by atoms with Gasteiger partial charge in [-0.2, -0.15) is 5.10 Å². The number of rotatable bonds is 8. The van der Waals surface area contributed by atoms with Crippen LogP contribution in [0.4, 0.5) is 5.69 Å². The summed E-state index contributed by atoms with van der Waals surface area (Å²) >= 11 is 0. The van der Waals surface area contributed by atoms with E-state index in [4.69, 9.17) is 10.5 Å². The molecule has 1 atom stereocenters. The van der Waals surface area contributed by atoms with Gasteiger partial charge in [-0.25, -0.2) is 4.98 Å². The molecule has 3 aromatic rings. The zero-order valence-electron chi connectivity index (χ0n) is 16.5. The lowest BCUT2D eigenvalue weighted by Gasteiger charge is -2.14. The number of hydrogen-bond donors (Lipinski definition) is 3. The SMILES string of the molecule is COc1ccccc1CC(C)CC(=O)Nc1ccc(-c2n[nH]c(CN)n2)cc1.Cl. The van der Waals surface area contributed by atoms with Crippen molar-refractivity contribution < 1.29 is 9.53 Å². The summed E-state index contributed by atoms with van der Waals surface area (Å²) in [5.41, 5.74) is 8.25. The number of aromatic amines is 1. The second-order valence-corrected chi connectivity index (χ2v) is 6.76. The standard InChI is InChI=1S/C21H25N5O2.ClH/c1-14(11-16-5-3-4-6-18(16)28-2)12-20(27)23-17-9-7-15(8-10-17)21-24-19(13-22)25-26-21;/h3-10,14H,11-13,22H2,1-2H3,(H,23,27)(H,24,25,26);1H. The third kappa shape index (κ3) is 6.04. The number of benzene rings is 2. The van der Waals surface area contributed by atoms with Crippen LogP contribution in [0.25, 0.3) is 11.4 Å². The molecule has 1 amide bonds. The average Bonchev–Trinajstić information content (AvgIpc) is 3.18. The summed E-state index contributed by atoms with van der Waals surface area (Å²) in [6.07, 6.45) is 1.21. The molecule has 0 fully saturated rings. The van der Waals surface area contributed by atoms with E-state index in [2.05, 4.69) is 27.4 Å². The molecule has 3 rings (SSSR count). The van der Waals surface area contributed by atoms with Crippen molar-refractivity contribution in [2.45, 2.75) is 26.3 Å². The van der Waals surface area contributed by atoms with Crippen molar-refractivity contribution in [3.8, 4) is 17.1 Å². The van der Waals surface area contributed by atoms with Crippen LogP contribution in [0.2, 0.25) is 0 Å². The van der Waals surface area contributed by atoms with Gasteiger partial charge in [-0.1, -0.05) is 25.1 Å². The van der Waals surface area contributed by atoms with Crippen molar-refractivity contribution in [3.63, 3.8) is 0 Å². The number of carbonyl (C=O) groups excluding carboxylic acids is 1. The minimum Gasteiger partial charge on any atom is -0.496 e. The minimum atomic E-state index is -0.0153. The van der Waals surface area contributed by atoms with Crippen LogP contribution in [-0.2, 0) is 17.8 Å². The lowest BCUT2D eigenvalue weighted by molar-refractivity contribution is -0.116. The van der Waals surface area contributed by atoms with Crippen LogP contribution in [0.5, 0.6) is 5.75 Å². The molecule has 2 aromatic carbocycles. The number of carbonyl (C=O) groups is 1. The number of ether oxygens (including phenoxy) is 1. The van der Waals surface area contributed by atoms with Gasteiger partial charge in [0, 0.05) is 17.7 Å². The van der Waals surface area contributed by atoms with Crippen LogP contribution in [0, 0.1) is 5.92 Å². The Bertz CT molecular complexity index is 927.